The SMILES string of the molecule is CC(C)N(C(C)C)P(OCCC#N)OC1C(C)(C)SSC1(C#N)C#N. The Kier molecular flexibility index (Phi) is 8.49. The maximum atomic E-state index is 9.63. The normalized spacial score (nSPS) is 22.6. The average molecular weight is 401 g/mol. The lowest BCUT2D eigenvalue weighted by Crippen LogP contribution is -2.46. The first-order chi connectivity index (χ1) is 11.6. The van der Waals surface area contributed by atoms with Crippen LogP contribution < -0.4 is 0 Å². The Bertz CT molecular complexity index is 558. The van der Waals surface area contributed by atoms with Crippen molar-refractivity contribution in [1.82, 2.24) is 4.67 Å². The largest absolute Gasteiger partial charge is 0.321 e. The summed E-state index contributed by atoms with van der Waals surface area (Å²) in [6.45, 7) is 12.4. The summed E-state index contributed by atoms with van der Waals surface area (Å²) < 4.78 is 12.7. The van der Waals surface area contributed by atoms with Gasteiger partial charge in [-0.15, -0.1) is 0 Å². The van der Waals surface area contributed by atoms with Gasteiger partial charge in [-0.2, -0.15) is 15.8 Å². The molecule has 0 amide bonds. The standard InChI is InChI=1S/C16H25N4O2PS2/c1-12(2)20(13(3)4)23(21-9-7-8-17)22-14-15(5,6)24-25-16(14,10-18)11-19/h12-14H,7,9H2,1-6H3. The van der Waals surface area contributed by atoms with E-state index in [1.807, 2.05) is 13.8 Å². The molecule has 0 aliphatic carbocycles. The second kappa shape index (κ2) is 9.43. The molecule has 138 valence electrons. The zero-order chi connectivity index (χ0) is 19.3. The first kappa shape index (κ1) is 22.5. The molecule has 1 fully saturated rings. The summed E-state index contributed by atoms with van der Waals surface area (Å²) in [6.07, 6.45) is -0.330. The van der Waals surface area contributed by atoms with Crippen LogP contribution in [0.25, 0.3) is 0 Å². The predicted molar refractivity (Wildman–Crippen MR) is 103 cm³/mol. The zero-order valence-electron chi connectivity index (χ0n) is 15.5. The minimum atomic E-state index is -1.50. The second-order valence-corrected chi connectivity index (χ2v) is 11.2. The van der Waals surface area contributed by atoms with Crippen molar-refractivity contribution < 1.29 is 9.05 Å². The lowest BCUT2D eigenvalue weighted by molar-refractivity contribution is 0.112. The number of hydrogen-bond donors (Lipinski definition) is 0. The fourth-order valence-corrected chi connectivity index (χ4v) is 7.59. The summed E-state index contributed by atoms with van der Waals surface area (Å²) in [4.78, 5) is 0. The number of nitrogens with zero attached hydrogens (tertiary/aromatic N) is 4. The van der Waals surface area contributed by atoms with Crippen molar-refractivity contribution in [2.75, 3.05) is 6.61 Å². The molecule has 1 heterocycles. The molecule has 9 heteroatoms. The van der Waals surface area contributed by atoms with Gasteiger partial charge in [0, 0.05) is 12.1 Å². The molecular weight excluding hydrogens is 375 g/mol. The van der Waals surface area contributed by atoms with E-state index in [1.165, 1.54) is 21.6 Å². The molecular formula is C16H25N4O2PS2. The van der Waals surface area contributed by atoms with Crippen LogP contribution in [0.2, 0.25) is 0 Å². The van der Waals surface area contributed by atoms with E-state index >= 15 is 0 Å². The van der Waals surface area contributed by atoms with E-state index in [1.54, 1.807) is 0 Å². The van der Waals surface area contributed by atoms with Gasteiger partial charge in [0.05, 0.1) is 36.0 Å². The van der Waals surface area contributed by atoms with Crippen LogP contribution in [0.15, 0.2) is 0 Å². The molecule has 0 aromatic rings. The second-order valence-electron chi connectivity index (χ2n) is 6.76. The Hall–Kier alpha value is -0.520. The van der Waals surface area contributed by atoms with Crippen LogP contribution in [0, 0.1) is 34.0 Å². The Morgan fingerprint density at radius 1 is 1.08 bits per heavy atom. The molecule has 0 bridgehead atoms. The minimum Gasteiger partial charge on any atom is -0.321 e. The van der Waals surface area contributed by atoms with Crippen molar-refractivity contribution >= 4 is 30.1 Å². The highest BCUT2D eigenvalue weighted by Crippen LogP contribution is 2.62. The summed E-state index contributed by atoms with van der Waals surface area (Å²) in [5, 5.41) is 28.0. The van der Waals surface area contributed by atoms with Crippen LogP contribution in [-0.4, -0.2) is 39.0 Å². The van der Waals surface area contributed by atoms with Crippen molar-refractivity contribution in [3.05, 3.63) is 0 Å². The topological polar surface area (TPSA) is 93.1 Å². The summed E-state index contributed by atoms with van der Waals surface area (Å²) in [7, 11) is 1.25. The molecule has 0 saturated carbocycles. The lowest BCUT2D eigenvalue weighted by atomic mass is 9.94. The highest BCUT2D eigenvalue weighted by Gasteiger charge is 2.58. The summed E-state index contributed by atoms with van der Waals surface area (Å²) in [6, 6.07) is 6.68. The molecule has 1 aliphatic heterocycles. The van der Waals surface area contributed by atoms with Gasteiger partial charge in [0.2, 0.25) is 4.75 Å². The van der Waals surface area contributed by atoms with Gasteiger partial charge in [-0.25, -0.2) is 4.67 Å². The Balaban J connectivity index is 3.16. The highest BCUT2D eigenvalue weighted by molar-refractivity contribution is 8.78. The first-order valence-electron chi connectivity index (χ1n) is 8.09. The van der Waals surface area contributed by atoms with Gasteiger partial charge in [-0.1, -0.05) is 21.6 Å². The van der Waals surface area contributed by atoms with Gasteiger partial charge in [0.15, 0.2) is 0 Å². The summed E-state index contributed by atoms with van der Waals surface area (Å²) in [5.74, 6) is 0. The van der Waals surface area contributed by atoms with E-state index in [2.05, 4.69) is 50.6 Å². The Morgan fingerprint density at radius 3 is 2.08 bits per heavy atom. The van der Waals surface area contributed by atoms with Gasteiger partial charge in [0.25, 0.3) is 8.53 Å². The van der Waals surface area contributed by atoms with Crippen molar-refractivity contribution in [3.63, 3.8) is 0 Å². The molecule has 0 aromatic heterocycles. The van der Waals surface area contributed by atoms with E-state index in [9.17, 15) is 10.5 Å². The summed E-state index contributed by atoms with van der Waals surface area (Å²) >= 11 is 0. The van der Waals surface area contributed by atoms with Crippen molar-refractivity contribution in [2.45, 2.75) is 75.6 Å². The van der Waals surface area contributed by atoms with Gasteiger partial charge >= 0.3 is 0 Å². The van der Waals surface area contributed by atoms with Gasteiger partial charge in [-0.05, 0) is 41.5 Å². The minimum absolute atomic E-state index is 0.164. The van der Waals surface area contributed by atoms with Crippen LogP contribution in [0.1, 0.15) is 48.0 Å². The van der Waals surface area contributed by atoms with Crippen molar-refractivity contribution in [1.29, 1.82) is 15.8 Å². The number of rotatable bonds is 8. The molecule has 25 heavy (non-hydrogen) atoms. The maximum absolute atomic E-state index is 9.63. The molecule has 0 aromatic carbocycles. The third kappa shape index (κ3) is 5.24. The highest BCUT2D eigenvalue weighted by atomic mass is 33.1. The fraction of sp³-hybridized carbons (Fsp3) is 0.812. The summed E-state index contributed by atoms with van der Waals surface area (Å²) in [5.41, 5.74) is 0. The third-order valence-corrected chi connectivity index (χ3v) is 9.39. The smallest absolute Gasteiger partial charge is 0.259 e. The van der Waals surface area contributed by atoms with Crippen LogP contribution in [0.5, 0.6) is 0 Å². The molecule has 6 nitrogen and oxygen atoms in total. The van der Waals surface area contributed by atoms with Crippen LogP contribution in [0.3, 0.4) is 0 Å². The molecule has 1 rings (SSSR count). The van der Waals surface area contributed by atoms with E-state index < -0.39 is 24.1 Å². The molecule has 0 spiro atoms. The van der Waals surface area contributed by atoms with Gasteiger partial charge < -0.3 is 9.05 Å². The van der Waals surface area contributed by atoms with E-state index in [0.29, 0.717) is 0 Å². The molecule has 0 N–H and O–H groups in total. The Labute approximate surface area is 160 Å². The van der Waals surface area contributed by atoms with E-state index in [-0.39, 0.29) is 25.1 Å². The van der Waals surface area contributed by atoms with Crippen LogP contribution in [-0.2, 0) is 9.05 Å². The van der Waals surface area contributed by atoms with Crippen LogP contribution in [0.4, 0.5) is 0 Å². The lowest BCUT2D eigenvalue weighted by Gasteiger charge is -2.39. The third-order valence-electron chi connectivity index (χ3n) is 3.58. The molecule has 1 aliphatic rings. The predicted octanol–water partition coefficient (Wildman–Crippen LogP) is 4.61. The van der Waals surface area contributed by atoms with Crippen LogP contribution >= 0.6 is 30.1 Å². The molecule has 1 saturated heterocycles. The molecule has 2 atom stereocenters. The van der Waals surface area contributed by atoms with Gasteiger partial charge in [0.1, 0.15) is 6.10 Å². The fourth-order valence-electron chi connectivity index (χ4n) is 2.52. The van der Waals surface area contributed by atoms with E-state index in [0.717, 1.165) is 0 Å². The zero-order valence-corrected chi connectivity index (χ0v) is 18.0. The van der Waals surface area contributed by atoms with E-state index in [4.69, 9.17) is 14.3 Å². The first-order valence-corrected chi connectivity index (χ1v) is 11.4. The molecule has 2 unspecified atom stereocenters. The maximum Gasteiger partial charge on any atom is 0.259 e. The van der Waals surface area contributed by atoms with Crippen molar-refractivity contribution in [2.24, 2.45) is 0 Å². The Morgan fingerprint density at radius 2 is 1.64 bits per heavy atom. The number of nitriles is 3. The van der Waals surface area contributed by atoms with Gasteiger partial charge in [-0.3, -0.25) is 0 Å². The monoisotopic (exact) mass is 400 g/mol. The number of hydrogen-bond acceptors (Lipinski definition) is 8. The quantitative estimate of drug-likeness (QED) is 0.331. The average Bonchev–Trinajstić information content (AvgIpc) is 2.78. The molecule has 0 radical (unpaired) electrons. The van der Waals surface area contributed by atoms with Crippen molar-refractivity contribution in [3.8, 4) is 18.2 Å².